The summed E-state index contributed by atoms with van der Waals surface area (Å²) < 4.78 is 64.7. The number of carboxylic acids is 1. The van der Waals surface area contributed by atoms with Crippen LogP contribution in [0.4, 0.5) is 16.2 Å². The van der Waals surface area contributed by atoms with Crippen LogP contribution in [-0.4, -0.2) is 101 Å². The Hall–Kier alpha value is -7.49. The summed E-state index contributed by atoms with van der Waals surface area (Å²) in [5, 5.41) is 43.1. The standard InChI is InChI=1S/C49H54N7O22P3/c1-6-50-36-19-40-34(15-25(36)3)44(35-16-26(4)37(51-7-2)20-41(35)75-40)33-18-29(11-12-31(33)47(60)61)45(58)53-22-28-10-13-38(56(64)65)32(17-28)27(5)74-49(63)52-14-8-9-30-23-55(48(62)54-46(30)59)43-21-39(57)42(76-43)24-73-80(69,70)78-81(71,72)77-79(66,67)68/h8-13,15-20,23,27,39,42-43,50,57H,6-7,14,21-22,24H2,1-5H3,(H,52,63)(H,53,58)(H,60,61)(H,69,70)(H,71,72)(H,54,59,62)(H2,66,67,68)/p+1/b9-8+,51-37?/t27?,39-,42+,43+/m0/s1. The average Bonchev–Trinajstić information content (AvgIpc) is 3.96. The molecule has 7 rings (SSSR count). The molecule has 4 aromatic rings. The van der Waals surface area contributed by atoms with Crippen LogP contribution in [0.5, 0.6) is 0 Å². The molecule has 1 aliphatic carbocycles. The fourth-order valence-electron chi connectivity index (χ4n) is 8.75. The number of phosphoric ester groups is 1. The maximum Gasteiger partial charge on any atom is 0.490 e. The van der Waals surface area contributed by atoms with Gasteiger partial charge >= 0.3 is 41.2 Å². The molecule has 3 heterocycles. The van der Waals surface area contributed by atoms with Gasteiger partial charge in [-0.05, 0) is 87.7 Å². The van der Waals surface area contributed by atoms with Crippen LogP contribution in [0.1, 0.15) is 88.1 Å². The second kappa shape index (κ2) is 25.1. The molecule has 0 bridgehead atoms. The maximum atomic E-state index is 14.0. The van der Waals surface area contributed by atoms with Crippen molar-refractivity contribution in [2.45, 2.75) is 72.1 Å². The minimum Gasteiger partial charge on any atom is -0.478 e. The van der Waals surface area contributed by atoms with E-state index < -0.39 is 94.4 Å². The van der Waals surface area contributed by atoms with E-state index in [0.29, 0.717) is 46.5 Å². The van der Waals surface area contributed by atoms with Crippen LogP contribution in [0.25, 0.3) is 39.5 Å². The van der Waals surface area contributed by atoms with Crippen LogP contribution in [0.15, 0.2) is 86.9 Å². The van der Waals surface area contributed by atoms with Gasteiger partial charge in [0.05, 0.1) is 40.4 Å². The van der Waals surface area contributed by atoms with Crippen LogP contribution < -0.4 is 37.5 Å². The minimum atomic E-state index is -5.84. The van der Waals surface area contributed by atoms with Gasteiger partial charge in [0.15, 0.2) is 0 Å². The molecular weight excluding hydrogens is 1130 g/mol. The summed E-state index contributed by atoms with van der Waals surface area (Å²) in [7, 11) is -17.1. The smallest absolute Gasteiger partial charge is 0.478 e. The third-order valence-corrected chi connectivity index (χ3v) is 16.2. The minimum absolute atomic E-state index is 0.0386. The summed E-state index contributed by atoms with van der Waals surface area (Å²) in [5.41, 5.74) is 2.28. The first-order valence-electron chi connectivity index (χ1n) is 24.4. The maximum absolute atomic E-state index is 14.0. The van der Waals surface area contributed by atoms with Crippen molar-refractivity contribution in [2.75, 3.05) is 31.6 Å². The van der Waals surface area contributed by atoms with Crippen LogP contribution >= 0.6 is 23.5 Å². The summed E-state index contributed by atoms with van der Waals surface area (Å²) in [5.74, 6) is -1.37. The highest BCUT2D eigenvalue weighted by Gasteiger charge is 2.43. The van der Waals surface area contributed by atoms with Crippen LogP contribution in [0.2, 0.25) is 0 Å². The van der Waals surface area contributed by atoms with Gasteiger partial charge in [-0.25, -0.2) is 33.1 Å². The van der Waals surface area contributed by atoms with Crippen LogP contribution in [-0.2, 0) is 42.9 Å². The van der Waals surface area contributed by atoms with E-state index in [1.165, 1.54) is 55.5 Å². The highest BCUT2D eigenvalue weighted by molar-refractivity contribution is 7.66. The van der Waals surface area contributed by atoms with Crippen molar-refractivity contribution in [3.8, 4) is 22.5 Å². The number of fused-ring (bicyclic) bond motifs is 2. The molecule has 0 saturated carbocycles. The summed E-state index contributed by atoms with van der Waals surface area (Å²) in [6, 6.07) is 15.7. The van der Waals surface area contributed by atoms with Crippen molar-refractivity contribution in [3.05, 3.63) is 148 Å². The van der Waals surface area contributed by atoms with Gasteiger partial charge < -0.3 is 59.6 Å². The Morgan fingerprint density at radius 3 is 2.38 bits per heavy atom. The van der Waals surface area contributed by atoms with E-state index >= 15 is 0 Å². The number of carboxylic acid groups (broad SMARTS) is 1. The number of amides is 2. The number of carbonyl (C=O) groups excluding carboxylic acids is 2. The number of ether oxygens (including phenoxy) is 2. The lowest BCUT2D eigenvalue weighted by molar-refractivity contribution is -0.496. The summed E-state index contributed by atoms with van der Waals surface area (Å²) in [6.07, 6.45) is -3.54. The first kappa shape index (κ1) is 61.1. The number of nitro benzene ring substituents is 1. The largest absolute Gasteiger partial charge is 0.490 e. The van der Waals surface area contributed by atoms with Crippen molar-refractivity contribution >= 4 is 69.9 Å². The number of hydrogen-bond acceptors (Lipinski definition) is 18. The number of aliphatic hydroxyl groups excluding tert-OH is 1. The van der Waals surface area contributed by atoms with E-state index in [2.05, 4.69) is 34.1 Å². The van der Waals surface area contributed by atoms with Crippen molar-refractivity contribution in [2.24, 2.45) is 0 Å². The van der Waals surface area contributed by atoms with Gasteiger partial charge in [0.2, 0.25) is 5.36 Å². The van der Waals surface area contributed by atoms with Gasteiger partial charge in [0, 0.05) is 77.7 Å². The number of aliphatic hydroxyl groups is 1. The topological polar surface area (TPSA) is 431 Å². The van der Waals surface area contributed by atoms with Crippen molar-refractivity contribution < 1.29 is 94.8 Å². The second-order valence-corrected chi connectivity index (χ2v) is 22.6. The fourth-order valence-corrected chi connectivity index (χ4v) is 11.8. The molecule has 432 valence electrons. The molecule has 3 aromatic carbocycles. The first-order valence-corrected chi connectivity index (χ1v) is 28.9. The third-order valence-electron chi connectivity index (χ3n) is 12.4. The quantitative estimate of drug-likeness (QED) is 0.0197. The molecule has 0 radical (unpaired) electrons. The number of nitro groups is 1. The number of H-pyrrole nitrogens is 1. The number of rotatable bonds is 22. The zero-order valence-electron chi connectivity index (χ0n) is 43.5. The van der Waals surface area contributed by atoms with Crippen molar-refractivity contribution in [3.63, 3.8) is 0 Å². The lowest BCUT2D eigenvalue weighted by Gasteiger charge is -2.19. The number of aromatic carboxylic acids is 1. The Balaban J connectivity index is 1.02. The number of aromatic nitrogens is 2. The molecule has 32 heteroatoms. The van der Waals surface area contributed by atoms with Crippen molar-refractivity contribution in [1.29, 1.82) is 0 Å². The van der Waals surface area contributed by atoms with E-state index in [-0.39, 0.29) is 47.3 Å². The van der Waals surface area contributed by atoms with Gasteiger partial charge in [-0.3, -0.25) is 33.8 Å². The molecule has 1 saturated heterocycles. The lowest BCUT2D eigenvalue weighted by Crippen LogP contribution is -2.76. The highest BCUT2D eigenvalue weighted by atomic mass is 31.3. The Bertz CT molecular complexity index is 3800. The zero-order chi connectivity index (χ0) is 59.3. The van der Waals surface area contributed by atoms with Gasteiger partial charge in [0.25, 0.3) is 17.2 Å². The number of aryl methyl sites for hydroxylation is 2. The molecule has 81 heavy (non-hydrogen) atoms. The average molecular weight is 1190 g/mol. The van der Waals surface area contributed by atoms with E-state index in [1.807, 2.05) is 56.9 Å². The molecule has 3 aliphatic rings. The Morgan fingerprint density at radius 2 is 1.70 bits per heavy atom. The van der Waals surface area contributed by atoms with Gasteiger partial charge in [-0.1, -0.05) is 18.2 Å². The Kier molecular flexibility index (Phi) is 19.0. The molecule has 2 aliphatic heterocycles. The lowest BCUT2D eigenvalue weighted by atomic mass is 9.88. The van der Waals surface area contributed by atoms with Gasteiger partial charge in [-0.2, -0.15) is 8.62 Å². The predicted molar refractivity (Wildman–Crippen MR) is 285 cm³/mol. The summed E-state index contributed by atoms with van der Waals surface area (Å²) >= 11 is 0. The molecule has 0 spiro atoms. The molecule has 3 unspecified atom stereocenters. The zero-order valence-corrected chi connectivity index (χ0v) is 46.2. The van der Waals surface area contributed by atoms with Crippen LogP contribution in [0.3, 0.4) is 0 Å². The first-order chi connectivity index (χ1) is 38.1. The van der Waals surface area contributed by atoms with E-state index in [0.717, 1.165) is 32.9 Å². The van der Waals surface area contributed by atoms with E-state index in [1.54, 1.807) is 0 Å². The molecule has 11 N–H and O–H groups in total. The second-order valence-electron chi connectivity index (χ2n) is 18.2. The SMILES string of the molecule is CCNc1cc2oc3cc(=[NH+]CC)c(C)cc-3c(-c3cc(C(=O)NCc4ccc([N+](=O)[O-])c(C(C)OC(=O)NC/C=C/c5cn([C@H]6C[C@H](O)[C@@H](COP(=O)(O)OP(=O)(O)OP(=O)(O)O)O6)c(=O)[nH]c5=O)c4)ccc3C(=O)O)c2cc1C. The molecule has 29 nitrogen and oxygen atoms in total. The predicted octanol–water partition coefficient (Wildman–Crippen LogP) is 4.13. The number of phosphoric acid groups is 3. The summed E-state index contributed by atoms with van der Waals surface area (Å²) in [6.45, 7) is 8.89. The fraction of sp³-hybridized carbons (Fsp3) is 0.306. The van der Waals surface area contributed by atoms with Crippen molar-refractivity contribution in [1.82, 2.24) is 20.2 Å². The highest BCUT2D eigenvalue weighted by Crippen LogP contribution is 2.66. The van der Waals surface area contributed by atoms with Crippen LogP contribution in [0, 0.1) is 24.0 Å². The number of nitrogens with zero attached hydrogens (tertiary/aromatic N) is 2. The number of carbonyl (C=O) groups is 3. The number of hydrogen-bond donors (Lipinski definition) is 11. The molecule has 1 fully saturated rings. The molecule has 1 aromatic heterocycles. The number of aromatic amines is 1. The molecule has 2 amide bonds. The summed E-state index contributed by atoms with van der Waals surface area (Å²) in [4.78, 5) is 119. The number of nitrogens with one attached hydrogen (secondary N) is 5. The number of anilines is 1. The Morgan fingerprint density at radius 1 is 0.963 bits per heavy atom. The normalized spacial score (nSPS) is 17.7. The Labute approximate surface area is 457 Å². The van der Waals surface area contributed by atoms with E-state index in [4.69, 9.17) is 23.7 Å². The number of alkyl carbamates (subject to hydrolysis) is 1. The monoisotopic (exact) mass is 1190 g/mol. The molecule has 6 atom stereocenters. The number of benzene rings is 4. The molecular formula is C49H55N7O22P3+. The van der Waals surface area contributed by atoms with E-state index in [9.17, 15) is 67.8 Å². The van der Waals surface area contributed by atoms with Gasteiger partial charge in [0.1, 0.15) is 36.3 Å². The van der Waals surface area contributed by atoms with Gasteiger partial charge in [-0.15, -0.1) is 0 Å². The third kappa shape index (κ3) is 15.1.